The molecule has 0 bridgehead atoms. The van der Waals surface area contributed by atoms with E-state index in [0.29, 0.717) is 6.54 Å². The third kappa shape index (κ3) is 3.88. The maximum absolute atomic E-state index is 12.5. The molecule has 2 nitrogen and oxygen atoms in total. The van der Waals surface area contributed by atoms with E-state index in [2.05, 4.69) is 38.6 Å². The number of rotatable bonds is 5. The van der Waals surface area contributed by atoms with Gasteiger partial charge in [0.05, 0.1) is 6.54 Å². The predicted molar refractivity (Wildman–Crippen MR) is 111 cm³/mol. The van der Waals surface area contributed by atoms with Gasteiger partial charge in [-0.15, -0.1) is 0 Å². The van der Waals surface area contributed by atoms with Crippen LogP contribution >= 0.6 is 22.7 Å². The zero-order valence-corrected chi connectivity index (χ0v) is 16.2. The Kier molecular flexibility index (Phi) is 5.44. The van der Waals surface area contributed by atoms with Gasteiger partial charge in [-0.1, -0.05) is 35.9 Å². The molecule has 1 aromatic carbocycles. The average molecular weight is 380 g/mol. The maximum Gasteiger partial charge on any atom is 0.176 e. The Hall–Kier alpha value is -2.01. The van der Waals surface area contributed by atoms with Gasteiger partial charge in [0.2, 0.25) is 0 Å². The molecule has 0 saturated carbocycles. The van der Waals surface area contributed by atoms with Gasteiger partial charge in [0.25, 0.3) is 0 Å². The highest BCUT2D eigenvalue weighted by Gasteiger charge is 2.21. The van der Waals surface area contributed by atoms with E-state index in [4.69, 9.17) is 0 Å². The number of carbonyl (C=O) groups is 1. The minimum absolute atomic E-state index is 0.217. The average Bonchev–Trinajstić information content (AvgIpc) is 3.39. The van der Waals surface area contributed by atoms with Gasteiger partial charge in [-0.2, -0.15) is 22.7 Å². The van der Waals surface area contributed by atoms with Crippen LogP contribution in [-0.4, -0.2) is 30.3 Å². The van der Waals surface area contributed by atoms with E-state index in [1.165, 1.54) is 22.3 Å². The first-order chi connectivity index (χ1) is 12.8. The molecule has 0 amide bonds. The Morgan fingerprint density at radius 2 is 1.46 bits per heavy atom. The Balaban J connectivity index is 1.48. The van der Waals surface area contributed by atoms with Crippen LogP contribution in [0.5, 0.6) is 0 Å². The van der Waals surface area contributed by atoms with Crippen LogP contribution in [0.1, 0.15) is 34.3 Å². The molecule has 0 atom stereocenters. The molecule has 3 heterocycles. The van der Waals surface area contributed by atoms with E-state index >= 15 is 0 Å². The number of likely N-dealkylation sites (tertiary alicyclic amines) is 1. The summed E-state index contributed by atoms with van der Waals surface area (Å²) in [5.74, 6) is 0.217. The molecule has 3 aromatic rings. The van der Waals surface area contributed by atoms with Gasteiger partial charge in [-0.3, -0.25) is 9.69 Å². The van der Waals surface area contributed by atoms with E-state index in [-0.39, 0.29) is 5.78 Å². The minimum atomic E-state index is 0.217. The molecule has 2 aromatic heterocycles. The lowest BCUT2D eigenvalue weighted by molar-refractivity contribution is 0.0925. The fourth-order valence-corrected chi connectivity index (χ4v) is 4.83. The Labute approximate surface area is 162 Å². The van der Waals surface area contributed by atoms with Gasteiger partial charge >= 0.3 is 0 Å². The number of benzene rings is 1. The lowest BCUT2D eigenvalue weighted by atomic mass is 9.91. The Morgan fingerprint density at radius 1 is 0.846 bits per heavy atom. The number of Topliss-reactive ketones (excluding diaryl/α,β-unsaturated/α-hetero) is 1. The second kappa shape index (κ2) is 8.12. The molecule has 1 aliphatic heterocycles. The normalized spacial score (nSPS) is 15.2. The van der Waals surface area contributed by atoms with Crippen LogP contribution in [0.4, 0.5) is 0 Å². The molecular weight excluding hydrogens is 358 g/mol. The van der Waals surface area contributed by atoms with Crippen molar-refractivity contribution < 1.29 is 4.79 Å². The highest BCUT2D eigenvalue weighted by molar-refractivity contribution is 7.08. The summed E-state index contributed by atoms with van der Waals surface area (Å²) >= 11 is 3.50. The number of nitrogens with zero attached hydrogens (tertiary/aromatic N) is 1. The van der Waals surface area contributed by atoms with Crippen molar-refractivity contribution in [2.24, 2.45) is 0 Å². The van der Waals surface area contributed by atoms with Gasteiger partial charge in [0.15, 0.2) is 5.78 Å². The molecule has 4 rings (SSSR count). The van der Waals surface area contributed by atoms with E-state index in [0.717, 1.165) is 31.5 Å². The maximum atomic E-state index is 12.5. The van der Waals surface area contributed by atoms with E-state index in [1.807, 2.05) is 30.3 Å². The highest BCUT2D eigenvalue weighted by atomic mass is 32.1. The van der Waals surface area contributed by atoms with Crippen LogP contribution in [0, 0.1) is 0 Å². The van der Waals surface area contributed by atoms with Gasteiger partial charge in [0.1, 0.15) is 0 Å². The number of thiophene rings is 2. The largest absolute Gasteiger partial charge is 0.295 e. The standard InChI is InChI=1S/C22H21NOS2/c24-21(17-4-2-1-3-5-17)14-23-10-6-18(7-11-23)22(19-8-12-25-15-19)20-9-13-26-16-20/h1-5,8-9,12-13,15-16H,6-7,10-11,14H2. The van der Waals surface area contributed by atoms with Crippen LogP contribution in [0.3, 0.4) is 0 Å². The van der Waals surface area contributed by atoms with E-state index in [1.54, 1.807) is 22.7 Å². The molecule has 0 N–H and O–H groups in total. The summed E-state index contributed by atoms with van der Waals surface area (Å²) in [7, 11) is 0. The topological polar surface area (TPSA) is 20.3 Å². The first-order valence-corrected chi connectivity index (χ1v) is 10.8. The summed E-state index contributed by atoms with van der Waals surface area (Å²) in [6.45, 7) is 2.42. The number of piperidine rings is 1. The summed E-state index contributed by atoms with van der Waals surface area (Å²) in [5, 5.41) is 8.78. The van der Waals surface area contributed by atoms with Crippen LogP contribution in [0.2, 0.25) is 0 Å². The monoisotopic (exact) mass is 379 g/mol. The number of ketones is 1. The van der Waals surface area contributed by atoms with E-state index < -0.39 is 0 Å². The lowest BCUT2D eigenvalue weighted by Crippen LogP contribution is -2.35. The molecule has 0 radical (unpaired) electrons. The van der Waals surface area contributed by atoms with Crippen molar-refractivity contribution in [2.75, 3.05) is 19.6 Å². The molecule has 1 saturated heterocycles. The molecule has 0 unspecified atom stereocenters. The molecular formula is C22H21NOS2. The second-order valence-corrected chi connectivity index (χ2v) is 8.13. The van der Waals surface area contributed by atoms with E-state index in [9.17, 15) is 4.79 Å². The first kappa shape index (κ1) is 17.4. The summed E-state index contributed by atoms with van der Waals surface area (Å²) in [6.07, 6.45) is 2.06. The van der Waals surface area contributed by atoms with Crippen molar-refractivity contribution in [3.05, 3.63) is 86.2 Å². The van der Waals surface area contributed by atoms with Crippen LogP contribution in [0.15, 0.2) is 69.6 Å². The van der Waals surface area contributed by atoms with Crippen molar-refractivity contribution in [2.45, 2.75) is 12.8 Å². The molecule has 0 spiro atoms. The molecule has 0 aliphatic carbocycles. The number of carbonyl (C=O) groups excluding carboxylic acids is 1. The van der Waals surface area contributed by atoms with Crippen molar-refractivity contribution >= 4 is 34.0 Å². The van der Waals surface area contributed by atoms with Crippen molar-refractivity contribution in [1.82, 2.24) is 4.90 Å². The molecule has 1 aliphatic rings. The second-order valence-electron chi connectivity index (χ2n) is 6.57. The van der Waals surface area contributed by atoms with Gasteiger partial charge in [0, 0.05) is 18.7 Å². The quantitative estimate of drug-likeness (QED) is 0.539. The first-order valence-electron chi connectivity index (χ1n) is 8.89. The summed E-state index contributed by atoms with van der Waals surface area (Å²) in [6, 6.07) is 14.1. The molecule has 1 fully saturated rings. The number of hydrogen-bond acceptors (Lipinski definition) is 4. The summed E-state index contributed by atoms with van der Waals surface area (Å²) in [4.78, 5) is 14.7. The summed E-state index contributed by atoms with van der Waals surface area (Å²) < 4.78 is 0. The van der Waals surface area contributed by atoms with Crippen LogP contribution in [0.25, 0.3) is 5.57 Å². The van der Waals surface area contributed by atoms with Gasteiger partial charge < -0.3 is 0 Å². The molecule has 4 heteroatoms. The van der Waals surface area contributed by atoms with Crippen molar-refractivity contribution in [1.29, 1.82) is 0 Å². The third-order valence-corrected chi connectivity index (χ3v) is 6.26. The summed E-state index contributed by atoms with van der Waals surface area (Å²) in [5.41, 5.74) is 6.40. The third-order valence-electron chi connectivity index (χ3n) is 4.90. The van der Waals surface area contributed by atoms with Crippen LogP contribution < -0.4 is 0 Å². The smallest absolute Gasteiger partial charge is 0.176 e. The van der Waals surface area contributed by atoms with Gasteiger partial charge in [-0.25, -0.2) is 0 Å². The zero-order valence-electron chi connectivity index (χ0n) is 14.6. The lowest BCUT2D eigenvalue weighted by Gasteiger charge is -2.29. The van der Waals surface area contributed by atoms with Crippen molar-refractivity contribution in [3.8, 4) is 0 Å². The predicted octanol–water partition coefficient (Wildman–Crippen LogP) is 5.59. The molecule has 26 heavy (non-hydrogen) atoms. The SMILES string of the molecule is O=C(CN1CCC(=C(c2ccsc2)c2ccsc2)CC1)c1ccccc1. The van der Waals surface area contributed by atoms with Gasteiger partial charge in [-0.05, 0) is 63.2 Å². The van der Waals surface area contributed by atoms with Crippen LogP contribution in [-0.2, 0) is 0 Å². The zero-order chi connectivity index (χ0) is 17.8. The fraction of sp³-hybridized carbons (Fsp3) is 0.227. The minimum Gasteiger partial charge on any atom is -0.295 e. The molecule has 132 valence electrons. The fourth-order valence-electron chi connectivity index (χ4n) is 3.54. The Morgan fingerprint density at radius 3 is 2.00 bits per heavy atom. The number of hydrogen-bond donors (Lipinski definition) is 0. The van der Waals surface area contributed by atoms with Crippen molar-refractivity contribution in [3.63, 3.8) is 0 Å². The highest BCUT2D eigenvalue weighted by Crippen LogP contribution is 2.34. The Bertz CT molecular complexity index is 833.